The molecule has 0 saturated heterocycles. The lowest BCUT2D eigenvalue weighted by molar-refractivity contribution is 0.157. The third-order valence-electron chi connectivity index (χ3n) is 5.34. The van der Waals surface area contributed by atoms with E-state index in [0.717, 1.165) is 5.92 Å². The SMILES string of the molecule is Cc1ccc(C)c(C(C)NC2CCC(C(C)(C)C)CC2)c1. The van der Waals surface area contributed by atoms with Gasteiger partial charge in [-0.2, -0.15) is 0 Å². The van der Waals surface area contributed by atoms with E-state index in [-0.39, 0.29) is 0 Å². The molecule has 0 heterocycles. The molecule has 1 unspecified atom stereocenters. The second kappa shape index (κ2) is 6.52. The van der Waals surface area contributed by atoms with Crippen LogP contribution in [0.15, 0.2) is 18.2 Å². The van der Waals surface area contributed by atoms with Crippen LogP contribution in [-0.2, 0) is 0 Å². The average molecular weight is 287 g/mol. The van der Waals surface area contributed by atoms with Gasteiger partial charge in [0, 0.05) is 12.1 Å². The van der Waals surface area contributed by atoms with Crippen LogP contribution >= 0.6 is 0 Å². The van der Waals surface area contributed by atoms with E-state index in [4.69, 9.17) is 0 Å². The third-order valence-corrected chi connectivity index (χ3v) is 5.34. The Kier molecular flexibility index (Phi) is 5.14. The van der Waals surface area contributed by atoms with Gasteiger partial charge >= 0.3 is 0 Å². The minimum atomic E-state index is 0.459. The maximum Gasteiger partial charge on any atom is 0.0297 e. The highest BCUT2D eigenvalue weighted by atomic mass is 14.9. The Balaban J connectivity index is 1.93. The Morgan fingerprint density at radius 2 is 1.67 bits per heavy atom. The van der Waals surface area contributed by atoms with Crippen LogP contribution in [0.4, 0.5) is 0 Å². The maximum absolute atomic E-state index is 3.88. The Labute approximate surface area is 131 Å². The van der Waals surface area contributed by atoms with Crippen LogP contribution in [0.5, 0.6) is 0 Å². The first kappa shape index (κ1) is 16.5. The number of benzene rings is 1. The van der Waals surface area contributed by atoms with Crippen LogP contribution in [0, 0.1) is 25.2 Å². The van der Waals surface area contributed by atoms with E-state index in [2.05, 4.69) is 65.1 Å². The zero-order chi connectivity index (χ0) is 15.6. The van der Waals surface area contributed by atoms with Gasteiger partial charge in [-0.25, -0.2) is 0 Å². The second-order valence-corrected chi connectivity index (χ2v) is 8.16. The monoisotopic (exact) mass is 287 g/mol. The lowest BCUT2D eigenvalue weighted by atomic mass is 9.71. The second-order valence-electron chi connectivity index (χ2n) is 8.16. The number of hydrogen-bond donors (Lipinski definition) is 1. The Bertz CT molecular complexity index is 461. The van der Waals surface area contributed by atoms with Gasteiger partial charge in [-0.1, -0.05) is 44.5 Å². The van der Waals surface area contributed by atoms with Crippen LogP contribution in [0.25, 0.3) is 0 Å². The van der Waals surface area contributed by atoms with E-state index < -0.39 is 0 Å². The number of nitrogens with one attached hydrogen (secondary N) is 1. The zero-order valence-electron chi connectivity index (χ0n) is 14.8. The maximum atomic E-state index is 3.88. The van der Waals surface area contributed by atoms with Crippen LogP contribution in [-0.4, -0.2) is 6.04 Å². The molecule has 1 aromatic rings. The summed E-state index contributed by atoms with van der Waals surface area (Å²) in [4.78, 5) is 0. The molecule has 1 atom stereocenters. The van der Waals surface area contributed by atoms with Crippen molar-refractivity contribution in [3.8, 4) is 0 Å². The fourth-order valence-electron chi connectivity index (χ4n) is 3.80. The molecule has 0 aliphatic heterocycles. The summed E-state index contributed by atoms with van der Waals surface area (Å²) in [5.41, 5.74) is 4.71. The molecular formula is C20H33N. The molecule has 1 nitrogen and oxygen atoms in total. The van der Waals surface area contributed by atoms with Gasteiger partial charge in [-0.05, 0) is 68.9 Å². The van der Waals surface area contributed by atoms with E-state index in [1.807, 2.05) is 0 Å². The van der Waals surface area contributed by atoms with Crippen LogP contribution < -0.4 is 5.32 Å². The molecule has 1 fully saturated rings. The summed E-state index contributed by atoms with van der Waals surface area (Å²) in [7, 11) is 0. The molecular weight excluding hydrogens is 254 g/mol. The molecule has 1 aliphatic carbocycles. The fourth-order valence-corrected chi connectivity index (χ4v) is 3.80. The summed E-state index contributed by atoms with van der Waals surface area (Å²) >= 11 is 0. The fraction of sp³-hybridized carbons (Fsp3) is 0.700. The molecule has 0 amide bonds. The van der Waals surface area contributed by atoms with Gasteiger partial charge in [0.25, 0.3) is 0 Å². The molecule has 118 valence electrons. The van der Waals surface area contributed by atoms with Crippen molar-refractivity contribution < 1.29 is 0 Å². The molecule has 21 heavy (non-hydrogen) atoms. The summed E-state index contributed by atoms with van der Waals surface area (Å²) < 4.78 is 0. The van der Waals surface area contributed by atoms with Crippen molar-refractivity contribution in [3.05, 3.63) is 34.9 Å². The summed E-state index contributed by atoms with van der Waals surface area (Å²) in [5.74, 6) is 0.895. The summed E-state index contributed by atoms with van der Waals surface area (Å²) in [6, 6.07) is 7.95. The summed E-state index contributed by atoms with van der Waals surface area (Å²) in [5, 5.41) is 3.88. The largest absolute Gasteiger partial charge is 0.307 e. The molecule has 0 bridgehead atoms. The van der Waals surface area contributed by atoms with Crippen molar-refractivity contribution in [1.82, 2.24) is 5.32 Å². The number of rotatable bonds is 3. The first-order valence-corrected chi connectivity index (χ1v) is 8.60. The molecule has 1 N–H and O–H groups in total. The Morgan fingerprint density at radius 3 is 2.24 bits per heavy atom. The van der Waals surface area contributed by atoms with Gasteiger partial charge in [-0.3, -0.25) is 0 Å². The highest BCUT2D eigenvalue weighted by Crippen LogP contribution is 2.38. The van der Waals surface area contributed by atoms with Crippen molar-refractivity contribution in [3.63, 3.8) is 0 Å². The minimum Gasteiger partial charge on any atom is -0.307 e. The summed E-state index contributed by atoms with van der Waals surface area (Å²) in [6.07, 6.45) is 5.41. The minimum absolute atomic E-state index is 0.459. The highest BCUT2D eigenvalue weighted by Gasteiger charge is 2.30. The topological polar surface area (TPSA) is 12.0 Å². The van der Waals surface area contributed by atoms with Gasteiger partial charge in [0.1, 0.15) is 0 Å². The van der Waals surface area contributed by atoms with E-state index in [1.54, 1.807) is 0 Å². The lowest BCUT2D eigenvalue weighted by Crippen LogP contribution is -2.37. The quantitative estimate of drug-likeness (QED) is 0.767. The van der Waals surface area contributed by atoms with Crippen molar-refractivity contribution in [1.29, 1.82) is 0 Å². The van der Waals surface area contributed by atoms with E-state index in [9.17, 15) is 0 Å². The molecule has 1 saturated carbocycles. The van der Waals surface area contributed by atoms with E-state index >= 15 is 0 Å². The first-order chi connectivity index (χ1) is 9.77. The molecule has 0 spiro atoms. The number of hydrogen-bond acceptors (Lipinski definition) is 1. The van der Waals surface area contributed by atoms with Gasteiger partial charge in [0.2, 0.25) is 0 Å². The highest BCUT2D eigenvalue weighted by molar-refractivity contribution is 5.32. The van der Waals surface area contributed by atoms with Crippen LogP contribution in [0.3, 0.4) is 0 Å². The van der Waals surface area contributed by atoms with Gasteiger partial charge in [0.15, 0.2) is 0 Å². The normalized spacial score (nSPS) is 24.9. The predicted molar refractivity (Wildman–Crippen MR) is 92.7 cm³/mol. The molecule has 0 aromatic heterocycles. The van der Waals surface area contributed by atoms with Crippen LogP contribution in [0.1, 0.15) is 76.1 Å². The standard InChI is InChI=1S/C20H33N/c1-14-7-8-15(2)19(13-14)16(3)21-18-11-9-17(10-12-18)20(4,5)6/h7-8,13,16-18,21H,9-12H2,1-6H3. The van der Waals surface area contributed by atoms with Gasteiger partial charge in [0.05, 0.1) is 0 Å². The zero-order valence-corrected chi connectivity index (χ0v) is 14.8. The Morgan fingerprint density at radius 1 is 1.05 bits per heavy atom. The molecule has 1 aromatic carbocycles. The van der Waals surface area contributed by atoms with Crippen molar-refractivity contribution in [2.45, 2.75) is 79.3 Å². The van der Waals surface area contributed by atoms with Gasteiger partial charge < -0.3 is 5.32 Å². The third kappa shape index (κ3) is 4.32. The smallest absolute Gasteiger partial charge is 0.0297 e. The average Bonchev–Trinajstić information content (AvgIpc) is 2.41. The van der Waals surface area contributed by atoms with Crippen molar-refractivity contribution in [2.75, 3.05) is 0 Å². The predicted octanol–water partition coefficient (Wildman–Crippen LogP) is 5.56. The van der Waals surface area contributed by atoms with E-state index in [0.29, 0.717) is 17.5 Å². The summed E-state index contributed by atoms with van der Waals surface area (Å²) in [6.45, 7) is 13.9. The molecule has 1 aliphatic rings. The van der Waals surface area contributed by atoms with Crippen molar-refractivity contribution >= 4 is 0 Å². The Hall–Kier alpha value is -0.820. The van der Waals surface area contributed by atoms with E-state index in [1.165, 1.54) is 42.4 Å². The molecule has 0 radical (unpaired) electrons. The van der Waals surface area contributed by atoms with Crippen molar-refractivity contribution in [2.24, 2.45) is 11.3 Å². The molecule has 2 rings (SSSR count). The number of aryl methyl sites for hydroxylation is 2. The van der Waals surface area contributed by atoms with Gasteiger partial charge in [-0.15, -0.1) is 0 Å². The van der Waals surface area contributed by atoms with Crippen LogP contribution in [0.2, 0.25) is 0 Å². The lowest BCUT2D eigenvalue weighted by Gasteiger charge is -2.38. The first-order valence-electron chi connectivity index (χ1n) is 8.60. The molecule has 1 heteroatoms.